The molecule has 0 amide bonds. The first-order valence-electron chi connectivity index (χ1n) is 5.32. The van der Waals surface area contributed by atoms with Crippen LogP contribution in [0.1, 0.15) is 11.4 Å². The minimum absolute atomic E-state index is 0.0824. The van der Waals surface area contributed by atoms with Crippen LogP contribution in [0.2, 0.25) is 0 Å². The number of anilines is 1. The first-order valence-corrected chi connectivity index (χ1v) is 6.20. The molecule has 0 aliphatic carbocycles. The molecule has 6 heteroatoms. The van der Waals surface area contributed by atoms with Crippen molar-refractivity contribution in [1.29, 1.82) is 0 Å². The molecule has 0 aliphatic heterocycles. The van der Waals surface area contributed by atoms with E-state index in [-0.39, 0.29) is 6.42 Å². The maximum absolute atomic E-state index is 12.1. The molecule has 0 unspecified atom stereocenters. The summed E-state index contributed by atoms with van der Waals surface area (Å²) in [6.45, 7) is 0. The Morgan fingerprint density at radius 1 is 1.22 bits per heavy atom. The lowest BCUT2D eigenvalue weighted by Gasteiger charge is -2.03. The predicted octanol–water partition coefficient (Wildman–Crippen LogP) is 3.89. The lowest BCUT2D eigenvalue weighted by molar-refractivity contribution is -0.133. The van der Waals surface area contributed by atoms with Crippen LogP contribution in [-0.4, -0.2) is 11.2 Å². The van der Waals surface area contributed by atoms with Crippen LogP contribution in [0.3, 0.4) is 0 Å². The van der Waals surface area contributed by atoms with Gasteiger partial charge in [0, 0.05) is 29.5 Å². The molecular formula is C12H11F3N2S. The summed E-state index contributed by atoms with van der Waals surface area (Å²) in [5, 5.41) is 2.21. The average Bonchev–Trinajstić information content (AvgIpc) is 2.75. The van der Waals surface area contributed by atoms with E-state index in [2.05, 4.69) is 4.98 Å². The summed E-state index contributed by atoms with van der Waals surface area (Å²) in [4.78, 5) is 4.18. The number of nitrogen functional groups attached to an aromatic ring is 1. The molecule has 0 saturated heterocycles. The Morgan fingerprint density at radius 2 is 1.94 bits per heavy atom. The lowest BCUT2D eigenvalue weighted by atomic mass is 10.1. The Balaban J connectivity index is 2.14. The van der Waals surface area contributed by atoms with E-state index in [0.717, 1.165) is 5.56 Å². The second-order valence-corrected chi connectivity index (χ2v) is 4.77. The maximum atomic E-state index is 12.1. The van der Waals surface area contributed by atoms with Crippen LogP contribution in [0.25, 0.3) is 11.3 Å². The highest BCUT2D eigenvalue weighted by molar-refractivity contribution is 7.09. The number of aryl methyl sites for hydroxylation is 1. The Kier molecular flexibility index (Phi) is 3.56. The molecule has 2 N–H and O–H groups in total. The van der Waals surface area contributed by atoms with Crippen LogP contribution in [0.4, 0.5) is 18.9 Å². The van der Waals surface area contributed by atoms with Crippen molar-refractivity contribution in [3.63, 3.8) is 0 Å². The number of hydrogen-bond donors (Lipinski definition) is 1. The van der Waals surface area contributed by atoms with Gasteiger partial charge in [0.05, 0.1) is 10.7 Å². The van der Waals surface area contributed by atoms with Crippen LogP contribution in [-0.2, 0) is 6.42 Å². The molecule has 2 aromatic rings. The molecule has 0 atom stereocenters. The van der Waals surface area contributed by atoms with Crippen molar-refractivity contribution >= 4 is 17.0 Å². The molecule has 2 rings (SSSR count). The fourth-order valence-electron chi connectivity index (χ4n) is 1.53. The quantitative estimate of drug-likeness (QED) is 0.861. The summed E-state index contributed by atoms with van der Waals surface area (Å²) in [5.74, 6) is 0. The molecule has 1 aromatic carbocycles. The number of aromatic nitrogens is 1. The highest BCUT2D eigenvalue weighted by Crippen LogP contribution is 2.29. The van der Waals surface area contributed by atoms with Gasteiger partial charge in [0.2, 0.25) is 0 Å². The van der Waals surface area contributed by atoms with E-state index < -0.39 is 12.6 Å². The van der Waals surface area contributed by atoms with Crippen molar-refractivity contribution < 1.29 is 13.2 Å². The first kappa shape index (κ1) is 12.9. The summed E-state index contributed by atoms with van der Waals surface area (Å²) in [6.07, 6.45) is -5.07. The van der Waals surface area contributed by atoms with Gasteiger partial charge in [-0.05, 0) is 6.07 Å². The van der Waals surface area contributed by atoms with E-state index >= 15 is 0 Å². The van der Waals surface area contributed by atoms with Gasteiger partial charge < -0.3 is 5.73 Å². The molecule has 1 aromatic heterocycles. The monoisotopic (exact) mass is 272 g/mol. The molecule has 1 heterocycles. The van der Waals surface area contributed by atoms with Crippen LogP contribution >= 0.6 is 11.3 Å². The van der Waals surface area contributed by atoms with Crippen LogP contribution in [0.5, 0.6) is 0 Å². The van der Waals surface area contributed by atoms with Gasteiger partial charge in [-0.25, -0.2) is 4.98 Å². The zero-order valence-corrected chi connectivity index (χ0v) is 10.2. The SMILES string of the molecule is Nc1ccccc1-c1csc(CCC(F)(F)F)n1. The molecule has 0 radical (unpaired) electrons. The Labute approximate surface area is 106 Å². The Morgan fingerprint density at radius 3 is 2.61 bits per heavy atom. The molecule has 0 aliphatic rings. The fraction of sp³-hybridized carbons (Fsp3) is 0.250. The average molecular weight is 272 g/mol. The molecule has 0 spiro atoms. The largest absolute Gasteiger partial charge is 0.398 e. The van der Waals surface area contributed by atoms with Crippen molar-refractivity contribution in [2.75, 3.05) is 5.73 Å². The Bertz CT molecular complexity index is 534. The summed E-state index contributed by atoms with van der Waals surface area (Å²) >= 11 is 1.23. The number of para-hydroxylation sites is 1. The number of alkyl halides is 3. The fourth-order valence-corrected chi connectivity index (χ4v) is 2.33. The number of hydrogen-bond acceptors (Lipinski definition) is 3. The third-order valence-corrected chi connectivity index (χ3v) is 3.32. The van der Waals surface area contributed by atoms with E-state index in [4.69, 9.17) is 5.73 Å². The summed E-state index contributed by atoms with van der Waals surface area (Å²) in [7, 11) is 0. The summed E-state index contributed by atoms with van der Waals surface area (Å²) < 4.78 is 36.3. The molecule has 2 nitrogen and oxygen atoms in total. The van der Waals surface area contributed by atoms with Crippen molar-refractivity contribution in [3.05, 3.63) is 34.7 Å². The van der Waals surface area contributed by atoms with Gasteiger partial charge in [-0.1, -0.05) is 18.2 Å². The van der Waals surface area contributed by atoms with Crippen LogP contribution in [0, 0.1) is 0 Å². The number of nitrogens with two attached hydrogens (primary N) is 1. The number of benzene rings is 1. The van der Waals surface area contributed by atoms with Crippen LogP contribution < -0.4 is 5.73 Å². The highest BCUT2D eigenvalue weighted by atomic mass is 32.1. The minimum Gasteiger partial charge on any atom is -0.398 e. The lowest BCUT2D eigenvalue weighted by Crippen LogP contribution is -2.08. The maximum Gasteiger partial charge on any atom is 0.389 e. The van der Waals surface area contributed by atoms with Crippen molar-refractivity contribution in [1.82, 2.24) is 4.98 Å². The highest BCUT2D eigenvalue weighted by Gasteiger charge is 2.27. The van der Waals surface area contributed by atoms with Gasteiger partial charge in [-0.2, -0.15) is 13.2 Å². The predicted molar refractivity (Wildman–Crippen MR) is 66.3 cm³/mol. The van der Waals surface area contributed by atoms with Gasteiger partial charge in [0.15, 0.2) is 0 Å². The second kappa shape index (κ2) is 4.97. The molecular weight excluding hydrogens is 261 g/mol. The summed E-state index contributed by atoms with van der Waals surface area (Å²) in [5.41, 5.74) is 7.75. The first-order chi connectivity index (χ1) is 8.46. The molecule has 0 fully saturated rings. The molecule has 0 bridgehead atoms. The van der Waals surface area contributed by atoms with Gasteiger partial charge in [0.25, 0.3) is 0 Å². The van der Waals surface area contributed by atoms with Gasteiger partial charge in [0.1, 0.15) is 0 Å². The third-order valence-electron chi connectivity index (χ3n) is 2.41. The van der Waals surface area contributed by atoms with Crippen molar-refractivity contribution in [3.8, 4) is 11.3 Å². The Hall–Kier alpha value is -1.56. The minimum atomic E-state index is -4.14. The molecule has 96 valence electrons. The third kappa shape index (κ3) is 3.22. The van der Waals surface area contributed by atoms with E-state index in [1.165, 1.54) is 11.3 Å². The zero-order valence-electron chi connectivity index (χ0n) is 9.37. The zero-order chi connectivity index (χ0) is 13.2. The molecule has 0 saturated carbocycles. The van der Waals surface area contributed by atoms with Crippen LogP contribution in [0.15, 0.2) is 29.6 Å². The van der Waals surface area contributed by atoms with E-state index in [1.54, 1.807) is 23.6 Å². The van der Waals surface area contributed by atoms with E-state index in [1.807, 2.05) is 6.07 Å². The van der Waals surface area contributed by atoms with Gasteiger partial charge >= 0.3 is 6.18 Å². The van der Waals surface area contributed by atoms with Crippen molar-refractivity contribution in [2.45, 2.75) is 19.0 Å². The number of thiazole rings is 1. The summed E-state index contributed by atoms with van der Waals surface area (Å²) in [6, 6.07) is 7.16. The standard InChI is InChI=1S/C12H11F3N2S/c13-12(14,15)6-5-11-17-10(7-18-11)8-3-1-2-4-9(8)16/h1-4,7H,5-6,16H2. The topological polar surface area (TPSA) is 38.9 Å². The van der Waals surface area contributed by atoms with Gasteiger partial charge in [-0.3, -0.25) is 0 Å². The van der Waals surface area contributed by atoms with E-state index in [0.29, 0.717) is 16.4 Å². The normalized spacial score (nSPS) is 11.7. The smallest absolute Gasteiger partial charge is 0.389 e. The van der Waals surface area contributed by atoms with Crippen molar-refractivity contribution in [2.24, 2.45) is 0 Å². The molecule has 18 heavy (non-hydrogen) atoms. The number of nitrogens with zero attached hydrogens (tertiary/aromatic N) is 1. The second-order valence-electron chi connectivity index (χ2n) is 3.83. The number of rotatable bonds is 3. The van der Waals surface area contributed by atoms with Gasteiger partial charge in [-0.15, -0.1) is 11.3 Å². The number of halogens is 3. The van der Waals surface area contributed by atoms with E-state index in [9.17, 15) is 13.2 Å².